The minimum absolute atomic E-state index is 0.393. The van der Waals surface area contributed by atoms with E-state index in [-0.39, 0.29) is 0 Å². The maximum absolute atomic E-state index is 9.46. The van der Waals surface area contributed by atoms with E-state index in [1.54, 1.807) is 6.92 Å². The number of hydrogen-bond donors (Lipinski definition) is 1. The van der Waals surface area contributed by atoms with Crippen LogP contribution < -0.4 is 0 Å². The van der Waals surface area contributed by atoms with Crippen molar-refractivity contribution < 1.29 is 5.11 Å². The summed E-state index contributed by atoms with van der Waals surface area (Å²) in [6.45, 7) is 4.01. The summed E-state index contributed by atoms with van der Waals surface area (Å²) >= 11 is 5.43. The molecule has 0 amide bonds. The van der Waals surface area contributed by atoms with Crippen LogP contribution in [-0.2, 0) is 0 Å². The molecule has 0 unspecified atom stereocenters. The zero-order valence-corrected chi connectivity index (χ0v) is 12.3. The molecule has 0 aliphatic carbocycles. The van der Waals surface area contributed by atoms with Gasteiger partial charge in [-0.25, -0.2) is 0 Å². The first kappa shape index (κ1) is 14.1. The summed E-state index contributed by atoms with van der Waals surface area (Å²) in [6, 6.07) is 6.09. The van der Waals surface area contributed by atoms with Crippen molar-refractivity contribution >= 4 is 27.7 Å². The van der Waals surface area contributed by atoms with E-state index in [1.807, 2.05) is 23.9 Å². The largest absolute Gasteiger partial charge is 0.389 e. The predicted molar refractivity (Wildman–Crippen MR) is 75.0 cm³/mol. The Morgan fingerprint density at radius 3 is 2.69 bits per heavy atom. The molecule has 0 saturated carbocycles. The van der Waals surface area contributed by atoms with Crippen LogP contribution in [0.25, 0.3) is 0 Å². The van der Waals surface area contributed by atoms with Crippen LogP contribution in [-0.4, -0.2) is 10.9 Å². The fourth-order valence-corrected chi connectivity index (χ4v) is 3.10. The molecule has 90 valence electrons. The highest BCUT2D eigenvalue weighted by Gasteiger charge is 2.05. The maximum atomic E-state index is 9.46. The van der Waals surface area contributed by atoms with Crippen LogP contribution in [0.5, 0.6) is 0 Å². The monoisotopic (exact) mass is 302 g/mol. The molecule has 1 N–H and O–H groups in total. The summed E-state index contributed by atoms with van der Waals surface area (Å²) in [4.78, 5) is 1.26. The lowest BCUT2D eigenvalue weighted by atomic mass is 10.1. The zero-order valence-electron chi connectivity index (χ0n) is 9.87. The molecule has 0 fully saturated rings. The second kappa shape index (κ2) is 7.36. The third-order valence-corrected chi connectivity index (χ3v) is 4.52. The van der Waals surface area contributed by atoms with Crippen LogP contribution in [0.3, 0.4) is 0 Å². The third kappa shape index (κ3) is 4.48. The molecule has 1 nitrogen and oxygen atoms in total. The lowest BCUT2D eigenvalue weighted by Crippen LogP contribution is -1.91. The summed E-state index contributed by atoms with van der Waals surface area (Å²) < 4.78 is 1.09. The molecular weight excluding hydrogens is 284 g/mol. The van der Waals surface area contributed by atoms with Crippen molar-refractivity contribution in [2.45, 2.75) is 44.1 Å². The number of unbranched alkanes of at least 4 members (excludes halogenated alkanes) is 2. The Kier molecular flexibility index (Phi) is 6.47. The van der Waals surface area contributed by atoms with Crippen LogP contribution in [0.15, 0.2) is 27.6 Å². The van der Waals surface area contributed by atoms with Crippen LogP contribution in [0, 0.1) is 0 Å². The number of thioether (sulfide) groups is 1. The molecular formula is C13H19BrOS. The molecule has 0 spiro atoms. The number of benzene rings is 1. The summed E-state index contributed by atoms with van der Waals surface area (Å²) in [5.41, 5.74) is 0.963. The molecule has 0 bridgehead atoms. The zero-order chi connectivity index (χ0) is 12.0. The van der Waals surface area contributed by atoms with E-state index in [4.69, 9.17) is 0 Å². The summed E-state index contributed by atoms with van der Waals surface area (Å²) in [6.07, 6.45) is 3.45. The number of aliphatic hydroxyl groups excluding tert-OH is 1. The second-order valence-corrected chi connectivity index (χ2v) is 5.91. The van der Waals surface area contributed by atoms with Crippen LogP contribution in [0.2, 0.25) is 0 Å². The maximum Gasteiger partial charge on any atom is 0.0762 e. The molecule has 0 radical (unpaired) electrons. The van der Waals surface area contributed by atoms with Crippen molar-refractivity contribution in [2.24, 2.45) is 0 Å². The quantitative estimate of drug-likeness (QED) is 0.602. The first-order valence-electron chi connectivity index (χ1n) is 5.75. The molecule has 0 heterocycles. The Hall–Kier alpha value is 0.01000. The molecule has 1 rings (SSSR count). The topological polar surface area (TPSA) is 20.2 Å². The van der Waals surface area contributed by atoms with Crippen molar-refractivity contribution in [1.29, 1.82) is 0 Å². The van der Waals surface area contributed by atoms with Crippen LogP contribution in [0.1, 0.15) is 44.8 Å². The van der Waals surface area contributed by atoms with Gasteiger partial charge in [-0.3, -0.25) is 0 Å². The molecule has 1 aromatic carbocycles. The van der Waals surface area contributed by atoms with E-state index >= 15 is 0 Å². The molecule has 16 heavy (non-hydrogen) atoms. The highest BCUT2D eigenvalue weighted by Crippen LogP contribution is 2.30. The fourth-order valence-electron chi connectivity index (χ4n) is 1.43. The van der Waals surface area contributed by atoms with Gasteiger partial charge in [0, 0.05) is 9.37 Å². The van der Waals surface area contributed by atoms with Crippen molar-refractivity contribution in [3.8, 4) is 0 Å². The smallest absolute Gasteiger partial charge is 0.0762 e. The van der Waals surface area contributed by atoms with Crippen molar-refractivity contribution in [2.75, 3.05) is 5.75 Å². The second-order valence-electron chi connectivity index (χ2n) is 3.92. The number of rotatable bonds is 6. The molecule has 1 atom stereocenters. The van der Waals surface area contributed by atoms with Gasteiger partial charge in [-0.2, -0.15) is 0 Å². The summed E-state index contributed by atoms with van der Waals surface area (Å²) in [5, 5.41) is 9.46. The number of aliphatic hydroxyl groups is 1. The van der Waals surface area contributed by atoms with E-state index in [0.717, 1.165) is 10.0 Å². The lowest BCUT2D eigenvalue weighted by Gasteiger charge is -2.08. The SMILES string of the molecule is CCCCCSc1ccc([C@H](C)O)cc1Br. The Labute approximate surface area is 111 Å². The fraction of sp³-hybridized carbons (Fsp3) is 0.538. The lowest BCUT2D eigenvalue weighted by molar-refractivity contribution is 0.199. The Balaban J connectivity index is 2.54. The van der Waals surface area contributed by atoms with Gasteiger partial charge in [0.2, 0.25) is 0 Å². The first-order chi connectivity index (χ1) is 7.65. The van der Waals surface area contributed by atoms with Gasteiger partial charge in [0.25, 0.3) is 0 Å². The van der Waals surface area contributed by atoms with E-state index in [9.17, 15) is 5.11 Å². The van der Waals surface area contributed by atoms with Gasteiger partial charge in [0.1, 0.15) is 0 Å². The van der Waals surface area contributed by atoms with Gasteiger partial charge in [-0.15, -0.1) is 11.8 Å². The summed E-state index contributed by atoms with van der Waals surface area (Å²) in [5.74, 6) is 1.17. The summed E-state index contributed by atoms with van der Waals surface area (Å²) in [7, 11) is 0. The predicted octanol–water partition coefficient (Wildman–Crippen LogP) is 4.78. The third-order valence-electron chi connectivity index (χ3n) is 2.44. The molecule has 0 aromatic heterocycles. The molecule has 3 heteroatoms. The minimum Gasteiger partial charge on any atom is -0.389 e. The van der Waals surface area contributed by atoms with Gasteiger partial charge >= 0.3 is 0 Å². The van der Waals surface area contributed by atoms with Gasteiger partial charge in [-0.05, 0) is 52.7 Å². The van der Waals surface area contributed by atoms with Crippen molar-refractivity contribution in [3.05, 3.63) is 28.2 Å². The van der Waals surface area contributed by atoms with E-state index in [1.165, 1.54) is 29.9 Å². The number of hydrogen-bond acceptors (Lipinski definition) is 2. The average molecular weight is 303 g/mol. The average Bonchev–Trinajstić information content (AvgIpc) is 2.26. The van der Waals surface area contributed by atoms with Crippen LogP contribution >= 0.6 is 27.7 Å². The Morgan fingerprint density at radius 1 is 1.38 bits per heavy atom. The normalized spacial score (nSPS) is 12.8. The van der Waals surface area contributed by atoms with Crippen molar-refractivity contribution in [3.63, 3.8) is 0 Å². The van der Waals surface area contributed by atoms with Crippen LogP contribution in [0.4, 0.5) is 0 Å². The van der Waals surface area contributed by atoms with E-state index in [2.05, 4.69) is 28.9 Å². The molecule has 0 saturated heterocycles. The van der Waals surface area contributed by atoms with Gasteiger partial charge < -0.3 is 5.11 Å². The van der Waals surface area contributed by atoms with E-state index in [0.29, 0.717) is 0 Å². The minimum atomic E-state index is -0.393. The molecule has 0 aliphatic rings. The molecule has 1 aromatic rings. The van der Waals surface area contributed by atoms with E-state index < -0.39 is 6.10 Å². The highest BCUT2D eigenvalue weighted by molar-refractivity contribution is 9.10. The van der Waals surface area contributed by atoms with Crippen molar-refractivity contribution in [1.82, 2.24) is 0 Å². The van der Waals surface area contributed by atoms with Gasteiger partial charge in [-0.1, -0.05) is 25.8 Å². The highest BCUT2D eigenvalue weighted by atomic mass is 79.9. The Morgan fingerprint density at radius 2 is 2.12 bits per heavy atom. The molecule has 0 aliphatic heterocycles. The van der Waals surface area contributed by atoms with Gasteiger partial charge in [0.05, 0.1) is 6.10 Å². The Bertz CT molecular complexity index is 326. The number of halogens is 1. The first-order valence-corrected chi connectivity index (χ1v) is 7.53. The standard InChI is InChI=1S/C13H19BrOS/c1-3-4-5-8-16-13-7-6-11(10(2)15)9-12(13)14/h6-7,9-10,15H,3-5,8H2,1-2H3/t10-/m0/s1. The van der Waals surface area contributed by atoms with Gasteiger partial charge in [0.15, 0.2) is 0 Å².